The summed E-state index contributed by atoms with van der Waals surface area (Å²) in [7, 11) is 1.82. The Balaban J connectivity index is 0.00000208. The molecule has 0 amide bonds. The van der Waals surface area contributed by atoms with Crippen LogP contribution in [0, 0.1) is 0 Å². The molecule has 1 aromatic carbocycles. The number of nitrogens with one attached hydrogen (secondary N) is 2. The molecule has 1 heterocycles. The minimum atomic E-state index is -0.0582. The zero-order valence-electron chi connectivity index (χ0n) is 14.4. The maximum atomic E-state index is 5.83. The van der Waals surface area contributed by atoms with Crippen LogP contribution in [0.1, 0.15) is 38.2 Å². The molecule has 24 heavy (non-hydrogen) atoms. The third kappa shape index (κ3) is 4.64. The largest absolute Gasteiger partial charge is 0.373 e. The second-order valence-electron chi connectivity index (χ2n) is 6.94. The van der Waals surface area contributed by atoms with Gasteiger partial charge in [-0.3, -0.25) is 4.99 Å². The monoisotopic (exact) mass is 507 g/mol. The average Bonchev–Trinajstić information content (AvgIpc) is 3.22. The molecule has 0 spiro atoms. The fraction of sp³-hybridized carbons (Fsp3) is 0.611. The normalized spacial score (nSPS) is 25.0. The molecule has 0 radical (unpaired) electrons. The average molecular weight is 508 g/mol. The van der Waals surface area contributed by atoms with E-state index >= 15 is 0 Å². The summed E-state index contributed by atoms with van der Waals surface area (Å²) in [6, 6.07) is 8.54. The standard InChI is InChI=1S/C18H26BrN3O.HI/c1-17(8-5-11-23-17)12-21-16(20-2)22-13-18(9-10-18)14-6-3-4-7-15(14)19;/h3-4,6-7H,5,8-13H2,1-2H3,(H2,20,21,22);1H. The molecule has 4 nitrogen and oxygen atoms in total. The van der Waals surface area contributed by atoms with Crippen molar-refractivity contribution < 1.29 is 4.74 Å². The van der Waals surface area contributed by atoms with Gasteiger partial charge in [0.25, 0.3) is 0 Å². The fourth-order valence-electron chi connectivity index (χ4n) is 3.30. The minimum Gasteiger partial charge on any atom is -0.373 e. The van der Waals surface area contributed by atoms with Gasteiger partial charge in [0.05, 0.1) is 5.60 Å². The van der Waals surface area contributed by atoms with E-state index in [1.54, 1.807) is 0 Å². The summed E-state index contributed by atoms with van der Waals surface area (Å²) in [6.07, 6.45) is 4.70. The molecule has 0 aromatic heterocycles. The highest BCUT2D eigenvalue weighted by Gasteiger charge is 2.45. The zero-order chi connectivity index (χ0) is 16.3. The van der Waals surface area contributed by atoms with Crippen molar-refractivity contribution in [1.82, 2.24) is 10.6 Å². The molecule has 2 fully saturated rings. The van der Waals surface area contributed by atoms with Crippen molar-refractivity contribution >= 4 is 45.9 Å². The molecule has 1 saturated heterocycles. The van der Waals surface area contributed by atoms with E-state index in [-0.39, 0.29) is 35.0 Å². The molecule has 134 valence electrons. The van der Waals surface area contributed by atoms with E-state index in [9.17, 15) is 0 Å². The second-order valence-corrected chi connectivity index (χ2v) is 7.80. The van der Waals surface area contributed by atoms with Crippen molar-refractivity contribution in [2.45, 2.75) is 43.6 Å². The van der Waals surface area contributed by atoms with Crippen molar-refractivity contribution in [2.75, 3.05) is 26.7 Å². The van der Waals surface area contributed by atoms with Gasteiger partial charge in [-0.15, -0.1) is 24.0 Å². The number of rotatable bonds is 5. The van der Waals surface area contributed by atoms with Crippen molar-refractivity contribution in [3.63, 3.8) is 0 Å². The summed E-state index contributed by atoms with van der Waals surface area (Å²) in [5.74, 6) is 0.861. The van der Waals surface area contributed by atoms with Gasteiger partial charge in [-0.1, -0.05) is 34.1 Å². The number of halogens is 2. The Kier molecular flexibility index (Phi) is 6.96. The van der Waals surface area contributed by atoms with Crippen LogP contribution in [0.2, 0.25) is 0 Å². The van der Waals surface area contributed by atoms with Crippen LogP contribution >= 0.6 is 39.9 Å². The molecule has 1 aliphatic heterocycles. The molecule has 2 N–H and O–H groups in total. The van der Waals surface area contributed by atoms with Crippen LogP contribution in [0.4, 0.5) is 0 Å². The van der Waals surface area contributed by atoms with Crippen LogP contribution in [-0.2, 0) is 10.2 Å². The first-order chi connectivity index (χ1) is 11.1. The topological polar surface area (TPSA) is 45.7 Å². The molecule has 1 atom stereocenters. The fourth-order valence-corrected chi connectivity index (χ4v) is 4.01. The molecule has 1 unspecified atom stereocenters. The number of hydrogen-bond donors (Lipinski definition) is 2. The number of ether oxygens (including phenoxy) is 1. The molecule has 3 rings (SSSR count). The zero-order valence-corrected chi connectivity index (χ0v) is 18.3. The second kappa shape index (κ2) is 8.36. The smallest absolute Gasteiger partial charge is 0.191 e. The Hall–Kier alpha value is -0.340. The lowest BCUT2D eigenvalue weighted by Crippen LogP contribution is -2.47. The summed E-state index contributed by atoms with van der Waals surface area (Å²) >= 11 is 3.69. The Morgan fingerprint density at radius 2 is 1.92 bits per heavy atom. The Morgan fingerprint density at radius 1 is 1.21 bits per heavy atom. The number of guanidine groups is 1. The molecule has 6 heteroatoms. The van der Waals surface area contributed by atoms with Gasteiger partial charge in [-0.25, -0.2) is 0 Å². The van der Waals surface area contributed by atoms with Gasteiger partial charge < -0.3 is 15.4 Å². The van der Waals surface area contributed by atoms with E-state index in [0.29, 0.717) is 0 Å². The van der Waals surface area contributed by atoms with Gasteiger partial charge in [0, 0.05) is 36.6 Å². The first-order valence-corrected chi connectivity index (χ1v) is 9.20. The SMILES string of the molecule is CN=C(NCC1(C)CCCO1)NCC1(c2ccccc2Br)CC1.I. The van der Waals surface area contributed by atoms with Crippen molar-refractivity contribution in [3.8, 4) is 0 Å². The number of aliphatic imine (C=N–C) groups is 1. The molecular weight excluding hydrogens is 481 g/mol. The molecule has 1 aromatic rings. The Bertz CT molecular complexity index is 583. The van der Waals surface area contributed by atoms with E-state index in [4.69, 9.17) is 4.74 Å². The maximum Gasteiger partial charge on any atom is 0.191 e. The quantitative estimate of drug-likeness (QED) is 0.361. The van der Waals surface area contributed by atoms with Gasteiger partial charge in [0.15, 0.2) is 5.96 Å². The van der Waals surface area contributed by atoms with E-state index in [0.717, 1.165) is 38.5 Å². The van der Waals surface area contributed by atoms with Crippen LogP contribution in [0.5, 0.6) is 0 Å². The highest BCUT2D eigenvalue weighted by atomic mass is 127. The summed E-state index contributed by atoms with van der Waals surface area (Å²) in [5.41, 5.74) is 1.58. The highest BCUT2D eigenvalue weighted by molar-refractivity contribution is 14.0. The minimum absolute atomic E-state index is 0. The van der Waals surface area contributed by atoms with Gasteiger partial charge in [0.1, 0.15) is 0 Å². The summed E-state index contributed by atoms with van der Waals surface area (Å²) < 4.78 is 7.03. The van der Waals surface area contributed by atoms with E-state index < -0.39 is 0 Å². The number of hydrogen-bond acceptors (Lipinski definition) is 2. The lowest BCUT2D eigenvalue weighted by molar-refractivity contribution is 0.0243. The van der Waals surface area contributed by atoms with Gasteiger partial charge in [0.2, 0.25) is 0 Å². The lowest BCUT2D eigenvalue weighted by atomic mass is 9.96. The van der Waals surface area contributed by atoms with Gasteiger partial charge in [-0.2, -0.15) is 0 Å². The van der Waals surface area contributed by atoms with E-state index in [1.165, 1.54) is 22.9 Å². The summed E-state index contributed by atoms with van der Waals surface area (Å²) in [4.78, 5) is 4.35. The predicted octanol–water partition coefficient (Wildman–Crippen LogP) is 3.83. The van der Waals surface area contributed by atoms with Gasteiger partial charge >= 0.3 is 0 Å². The third-order valence-corrected chi connectivity index (χ3v) is 5.74. The van der Waals surface area contributed by atoms with Crippen molar-refractivity contribution in [2.24, 2.45) is 4.99 Å². The first kappa shape index (κ1) is 20.0. The highest BCUT2D eigenvalue weighted by Crippen LogP contribution is 2.49. The van der Waals surface area contributed by atoms with Crippen LogP contribution < -0.4 is 10.6 Å². The Labute approximate surface area is 170 Å². The van der Waals surface area contributed by atoms with Crippen LogP contribution in [0.15, 0.2) is 33.7 Å². The van der Waals surface area contributed by atoms with E-state index in [1.807, 2.05) is 7.05 Å². The van der Waals surface area contributed by atoms with Gasteiger partial charge in [-0.05, 0) is 44.2 Å². The van der Waals surface area contributed by atoms with Crippen LogP contribution in [0.25, 0.3) is 0 Å². The van der Waals surface area contributed by atoms with Crippen molar-refractivity contribution in [3.05, 3.63) is 34.3 Å². The molecule has 2 aliphatic rings. The predicted molar refractivity (Wildman–Crippen MR) is 113 cm³/mol. The van der Waals surface area contributed by atoms with Crippen LogP contribution in [-0.4, -0.2) is 38.3 Å². The lowest BCUT2D eigenvalue weighted by Gasteiger charge is -2.26. The number of nitrogens with zero attached hydrogens (tertiary/aromatic N) is 1. The molecule has 1 saturated carbocycles. The molecule has 1 aliphatic carbocycles. The maximum absolute atomic E-state index is 5.83. The van der Waals surface area contributed by atoms with E-state index in [2.05, 4.69) is 62.7 Å². The third-order valence-electron chi connectivity index (χ3n) is 5.05. The van der Waals surface area contributed by atoms with Crippen molar-refractivity contribution in [1.29, 1.82) is 0 Å². The Morgan fingerprint density at radius 3 is 2.50 bits per heavy atom. The van der Waals surface area contributed by atoms with Crippen LogP contribution in [0.3, 0.4) is 0 Å². The molecular formula is C18H27BrIN3O. The summed E-state index contributed by atoms with van der Waals surface area (Å²) in [6.45, 7) is 4.75. The summed E-state index contributed by atoms with van der Waals surface area (Å²) in [5, 5.41) is 6.92. The molecule has 0 bridgehead atoms. The first-order valence-electron chi connectivity index (χ1n) is 8.40. The number of benzene rings is 1.